The number of halogens is 1. The smallest absolute Gasteiger partial charge is 0.341 e. The van der Waals surface area contributed by atoms with Crippen molar-refractivity contribution >= 4 is 39.2 Å². The summed E-state index contributed by atoms with van der Waals surface area (Å²) in [5, 5.41) is 8.84. The first-order valence-corrected chi connectivity index (χ1v) is 13.5. The molecule has 0 aliphatic carbocycles. The summed E-state index contributed by atoms with van der Waals surface area (Å²) in [7, 11) is 1.68. The van der Waals surface area contributed by atoms with Gasteiger partial charge < -0.3 is 14.6 Å². The fourth-order valence-electron chi connectivity index (χ4n) is 3.91. The molecule has 0 saturated carbocycles. The maximum atomic E-state index is 10.8. The Balaban J connectivity index is 1.55. The van der Waals surface area contributed by atoms with Gasteiger partial charge in [0.25, 0.3) is 0 Å². The lowest BCUT2D eigenvalue weighted by atomic mass is 9.95. The maximum absolute atomic E-state index is 10.8. The van der Waals surface area contributed by atoms with E-state index < -0.39 is 5.97 Å². The van der Waals surface area contributed by atoms with Crippen LogP contribution in [0.25, 0.3) is 16.7 Å². The molecule has 0 saturated heterocycles. The number of carbonyl (C=O) groups is 1. The third kappa shape index (κ3) is 7.28. The molecule has 0 aliphatic heterocycles. The van der Waals surface area contributed by atoms with Crippen molar-refractivity contribution in [2.45, 2.75) is 11.8 Å². The molecule has 4 nitrogen and oxygen atoms in total. The summed E-state index contributed by atoms with van der Waals surface area (Å²) in [4.78, 5) is 11.9. The summed E-state index contributed by atoms with van der Waals surface area (Å²) in [5.41, 5.74) is 6.61. The van der Waals surface area contributed by atoms with Crippen molar-refractivity contribution in [3.8, 4) is 22.6 Å². The van der Waals surface area contributed by atoms with Crippen LogP contribution in [0.5, 0.6) is 11.5 Å². The second-order valence-corrected chi connectivity index (χ2v) is 10.4. The number of thioether (sulfide) groups is 1. The number of rotatable bonds is 10. The van der Waals surface area contributed by atoms with Crippen LogP contribution in [-0.2, 0) is 4.79 Å². The quantitative estimate of drug-likeness (QED) is 0.194. The van der Waals surface area contributed by atoms with Crippen molar-refractivity contribution in [3.63, 3.8) is 0 Å². The summed E-state index contributed by atoms with van der Waals surface area (Å²) in [5.74, 6) is 1.22. The zero-order chi connectivity index (χ0) is 26.2. The fourth-order valence-corrected chi connectivity index (χ4v) is 5.04. The van der Waals surface area contributed by atoms with E-state index in [0.717, 1.165) is 54.3 Å². The standard InChI is InChI=1S/C31H27BrO4S/c1-21-18-28(14-15-30(21)36-20-31(33)34)37-17-16-29(24-10-12-26(32)13-11-24)23-8-6-22(7-9-23)25-4-3-5-27(19-25)35-2/h3-16,18-19H,17,20H2,1-2H3,(H,33,34). The Morgan fingerprint density at radius 1 is 0.919 bits per heavy atom. The predicted octanol–water partition coefficient (Wildman–Crippen LogP) is 8.12. The Labute approximate surface area is 230 Å². The van der Waals surface area contributed by atoms with Gasteiger partial charge in [-0.3, -0.25) is 0 Å². The average molecular weight is 576 g/mol. The molecule has 0 amide bonds. The van der Waals surface area contributed by atoms with Gasteiger partial charge in [0, 0.05) is 15.1 Å². The third-order valence-corrected chi connectivity index (χ3v) is 7.24. The van der Waals surface area contributed by atoms with E-state index in [-0.39, 0.29) is 6.61 Å². The number of hydrogen-bond acceptors (Lipinski definition) is 4. The van der Waals surface area contributed by atoms with Crippen LogP contribution < -0.4 is 9.47 Å². The highest BCUT2D eigenvalue weighted by atomic mass is 79.9. The molecular weight excluding hydrogens is 548 g/mol. The van der Waals surface area contributed by atoms with Gasteiger partial charge in [-0.1, -0.05) is 70.5 Å². The molecule has 0 bridgehead atoms. The van der Waals surface area contributed by atoms with Crippen LogP contribution in [0.4, 0.5) is 0 Å². The minimum Gasteiger partial charge on any atom is -0.497 e. The monoisotopic (exact) mass is 574 g/mol. The van der Waals surface area contributed by atoms with Crippen LogP contribution in [0.15, 0.2) is 106 Å². The lowest BCUT2D eigenvalue weighted by molar-refractivity contribution is -0.139. The number of aliphatic carboxylic acids is 1. The van der Waals surface area contributed by atoms with Gasteiger partial charge >= 0.3 is 5.97 Å². The number of carboxylic acid groups (broad SMARTS) is 1. The van der Waals surface area contributed by atoms with Crippen LogP contribution in [-0.4, -0.2) is 30.5 Å². The van der Waals surface area contributed by atoms with Gasteiger partial charge in [-0.05, 0) is 82.8 Å². The summed E-state index contributed by atoms with van der Waals surface area (Å²) in [6.07, 6.45) is 2.25. The van der Waals surface area contributed by atoms with Crippen molar-refractivity contribution in [1.29, 1.82) is 0 Å². The fraction of sp³-hybridized carbons (Fsp3) is 0.129. The van der Waals surface area contributed by atoms with E-state index in [0.29, 0.717) is 5.75 Å². The normalized spacial score (nSPS) is 11.3. The zero-order valence-electron chi connectivity index (χ0n) is 20.6. The topological polar surface area (TPSA) is 55.8 Å². The molecule has 0 fully saturated rings. The van der Waals surface area contributed by atoms with E-state index in [1.165, 1.54) is 0 Å². The van der Waals surface area contributed by atoms with Gasteiger partial charge in [-0.15, -0.1) is 11.8 Å². The average Bonchev–Trinajstić information content (AvgIpc) is 2.91. The number of carboxylic acids is 1. The third-order valence-electron chi connectivity index (χ3n) is 5.79. The number of benzene rings is 4. The first-order valence-electron chi connectivity index (χ1n) is 11.7. The van der Waals surface area contributed by atoms with Crippen LogP contribution >= 0.6 is 27.7 Å². The second-order valence-electron chi connectivity index (χ2n) is 8.35. The molecule has 0 atom stereocenters. The Bertz CT molecular complexity index is 1400. The first kappa shape index (κ1) is 26.6. The molecule has 0 radical (unpaired) electrons. The minimum atomic E-state index is -0.986. The van der Waals surface area contributed by atoms with Gasteiger partial charge in [0.05, 0.1) is 7.11 Å². The zero-order valence-corrected chi connectivity index (χ0v) is 23.0. The SMILES string of the molecule is COc1cccc(-c2ccc(C(=CCSc3ccc(OCC(=O)O)c(C)c3)c3ccc(Br)cc3)cc2)c1. The Morgan fingerprint density at radius 3 is 2.27 bits per heavy atom. The van der Waals surface area contributed by atoms with E-state index in [4.69, 9.17) is 14.6 Å². The number of ether oxygens (including phenoxy) is 2. The van der Waals surface area contributed by atoms with Gasteiger partial charge in [0.1, 0.15) is 11.5 Å². The molecule has 0 aliphatic rings. The summed E-state index contributed by atoms with van der Waals surface area (Å²) < 4.78 is 11.8. The van der Waals surface area contributed by atoms with E-state index in [9.17, 15) is 4.79 Å². The summed E-state index contributed by atoms with van der Waals surface area (Å²) >= 11 is 5.26. The number of methoxy groups -OCH3 is 1. The molecular formula is C31H27BrO4S. The van der Waals surface area contributed by atoms with Crippen LogP contribution in [0.3, 0.4) is 0 Å². The van der Waals surface area contributed by atoms with Crippen molar-refractivity contribution < 1.29 is 19.4 Å². The Kier molecular flexibility index (Phi) is 9.09. The molecule has 188 valence electrons. The number of aryl methyl sites for hydroxylation is 1. The van der Waals surface area contributed by atoms with E-state index >= 15 is 0 Å². The molecule has 6 heteroatoms. The maximum Gasteiger partial charge on any atom is 0.341 e. The molecule has 0 spiro atoms. The van der Waals surface area contributed by atoms with Crippen molar-refractivity contribution in [2.75, 3.05) is 19.5 Å². The summed E-state index contributed by atoms with van der Waals surface area (Å²) in [6, 6.07) is 30.8. The molecule has 4 rings (SSSR count). The van der Waals surface area contributed by atoms with Crippen molar-refractivity contribution in [3.05, 3.63) is 118 Å². The highest BCUT2D eigenvalue weighted by molar-refractivity contribution is 9.10. The summed E-state index contributed by atoms with van der Waals surface area (Å²) in [6.45, 7) is 1.58. The van der Waals surface area contributed by atoms with Crippen LogP contribution in [0.1, 0.15) is 16.7 Å². The molecule has 1 N–H and O–H groups in total. The largest absolute Gasteiger partial charge is 0.497 e. The minimum absolute atomic E-state index is 0.344. The van der Waals surface area contributed by atoms with E-state index in [1.807, 2.05) is 43.3 Å². The molecule has 0 unspecified atom stereocenters. The Hall–Kier alpha value is -3.48. The number of hydrogen-bond donors (Lipinski definition) is 1. The van der Waals surface area contributed by atoms with Gasteiger partial charge in [0.15, 0.2) is 6.61 Å². The molecule has 0 heterocycles. The predicted molar refractivity (Wildman–Crippen MR) is 155 cm³/mol. The molecule has 4 aromatic rings. The first-order chi connectivity index (χ1) is 17.9. The van der Waals surface area contributed by atoms with Gasteiger partial charge in [-0.2, -0.15) is 0 Å². The van der Waals surface area contributed by atoms with Crippen molar-refractivity contribution in [2.24, 2.45) is 0 Å². The van der Waals surface area contributed by atoms with Crippen LogP contribution in [0.2, 0.25) is 0 Å². The highest BCUT2D eigenvalue weighted by Crippen LogP contribution is 2.31. The highest BCUT2D eigenvalue weighted by Gasteiger charge is 2.08. The van der Waals surface area contributed by atoms with E-state index in [1.54, 1.807) is 18.9 Å². The molecule has 0 aromatic heterocycles. The van der Waals surface area contributed by atoms with Gasteiger partial charge in [0.2, 0.25) is 0 Å². The van der Waals surface area contributed by atoms with E-state index in [2.05, 4.69) is 76.6 Å². The molecule has 37 heavy (non-hydrogen) atoms. The molecule has 4 aromatic carbocycles. The van der Waals surface area contributed by atoms with Crippen LogP contribution in [0, 0.1) is 6.92 Å². The Morgan fingerprint density at radius 2 is 1.62 bits per heavy atom. The lowest BCUT2D eigenvalue weighted by Gasteiger charge is -2.12. The lowest BCUT2D eigenvalue weighted by Crippen LogP contribution is -2.09. The van der Waals surface area contributed by atoms with Gasteiger partial charge in [-0.25, -0.2) is 4.79 Å². The second kappa shape index (κ2) is 12.7. The van der Waals surface area contributed by atoms with Crippen molar-refractivity contribution in [1.82, 2.24) is 0 Å².